The summed E-state index contributed by atoms with van der Waals surface area (Å²) in [6.07, 6.45) is 15.1. The number of amides is 3. The lowest BCUT2D eigenvalue weighted by Crippen LogP contribution is -2.49. The molecule has 0 aliphatic rings. The number of nitrogens with one attached hydrogen (secondary N) is 3. The summed E-state index contributed by atoms with van der Waals surface area (Å²) < 4.78 is 5.79. The molecule has 43 heavy (non-hydrogen) atoms. The number of rotatable bonds is 25. The van der Waals surface area contributed by atoms with Gasteiger partial charge in [0.25, 0.3) is 5.91 Å². The maximum Gasteiger partial charge on any atom is 0.260 e. The van der Waals surface area contributed by atoms with Crippen LogP contribution in [0.2, 0.25) is 0 Å². The Morgan fingerprint density at radius 1 is 0.791 bits per heavy atom. The zero-order valence-corrected chi connectivity index (χ0v) is 27.8. The molecule has 0 saturated heterocycles. The average Bonchev–Trinajstić information content (AvgIpc) is 2.96. The van der Waals surface area contributed by atoms with Crippen molar-refractivity contribution in [3.8, 4) is 5.75 Å². The minimum absolute atomic E-state index is 0.0686. The van der Waals surface area contributed by atoms with Crippen LogP contribution in [0.4, 0.5) is 5.69 Å². The number of carbonyl (C=O) groups excluding carboxylic acids is 3. The fraction of sp³-hybridized carbons (Fsp3) is 0.735. The Morgan fingerprint density at radius 2 is 1.40 bits per heavy atom. The molecule has 0 aliphatic heterocycles. The molecule has 0 fully saturated rings. The van der Waals surface area contributed by atoms with Crippen molar-refractivity contribution in [1.29, 1.82) is 0 Å². The van der Waals surface area contributed by atoms with Crippen molar-refractivity contribution in [2.45, 2.75) is 111 Å². The molecule has 0 saturated carbocycles. The van der Waals surface area contributed by atoms with Crippen molar-refractivity contribution in [3.63, 3.8) is 0 Å². The van der Waals surface area contributed by atoms with Crippen LogP contribution in [0, 0.1) is 5.92 Å². The molecular weight excluding hydrogens is 542 g/mol. The van der Waals surface area contributed by atoms with Crippen molar-refractivity contribution >= 4 is 23.4 Å². The van der Waals surface area contributed by atoms with E-state index in [0.29, 0.717) is 38.2 Å². The van der Waals surface area contributed by atoms with Crippen LogP contribution in [0.1, 0.15) is 111 Å². The predicted molar refractivity (Wildman–Crippen MR) is 177 cm³/mol. The standard InChI is InChI=1S/C34H61N5O4/c1-6-7-8-9-10-11-12-13-14-15-24-35-32(40)19-17-26-43-31-22-20-30(21-23-31)36-27-34(42)39(28-29(2)3)37-33(41)18-16-25-38(4)5/h20-23,29,36H,6-19,24-28H2,1-5H3,(H,35,40)(H,37,41). The van der Waals surface area contributed by atoms with E-state index in [1.807, 2.05) is 57.1 Å². The minimum Gasteiger partial charge on any atom is -0.494 e. The average molecular weight is 604 g/mol. The van der Waals surface area contributed by atoms with Crippen molar-refractivity contribution < 1.29 is 19.1 Å². The Hall–Kier alpha value is -2.81. The molecule has 0 spiro atoms. The van der Waals surface area contributed by atoms with Gasteiger partial charge in [-0.05, 0) is 70.1 Å². The second kappa shape index (κ2) is 24.6. The van der Waals surface area contributed by atoms with Crippen LogP contribution in [0.5, 0.6) is 5.75 Å². The fourth-order valence-corrected chi connectivity index (χ4v) is 4.63. The van der Waals surface area contributed by atoms with E-state index in [1.54, 1.807) is 0 Å². The molecule has 1 aromatic rings. The van der Waals surface area contributed by atoms with Crippen LogP contribution in [0.15, 0.2) is 24.3 Å². The molecule has 0 unspecified atom stereocenters. The zero-order chi connectivity index (χ0) is 31.7. The van der Waals surface area contributed by atoms with Gasteiger partial charge in [0.2, 0.25) is 11.8 Å². The molecule has 1 aromatic carbocycles. The van der Waals surface area contributed by atoms with E-state index in [0.717, 1.165) is 31.6 Å². The Bertz CT molecular complexity index is 876. The highest BCUT2D eigenvalue weighted by Crippen LogP contribution is 2.16. The van der Waals surface area contributed by atoms with Gasteiger partial charge in [-0.15, -0.1) is 0 Å². The van der Waals surface area contributed by atoms with Crippen LogP contribution >= 0.6 is 0 Å². The summed E-state index contributed by atoms with van der Waals surface area (Å²) in [5.41, 5.74) is 3.56. The minimum atomic E-state index is -0.193. The third-order valence-electron chi connectivity index (χ3n) is 7.09. The Kier molecular flexibility index (Phi) is 21.9. The quantitative estimate of drug-likeness (QED) is 0.0915. The number of unbranched alkanes of at least 4 members (excludes halogenated alkanes) is 9. The first kappa shape index (κ1) is 38.2. The van der Waals surface area contributed by atoms with Crippen molar-refractivity contribution in [1.82, 2.24) is 20.7 Å². The van der Waals surface area contributed by atoms with Gasteiger partial charge in [-0.1, -0.05) is 78.6 Å². The van der Waals surface area contributed by atoms with Gasteiger partial charge in [0.05, 0.1) is 13.2 Å². The van der Waals surface area contributed by atoms with E-state index in [-0.39, 0.29) is 30.2 Å². The number of hydrazine groups is 1. The number of benzene rings is 1. The molecule has 0 heterocycles. The van der Waals surface area contributed by atoms with E-state index in [1.165, 1.54) is 62.8 Å². The van der Waals surface area contributed by atoms with Gasteiger partial charge in [-0.25, -0.2) is 0 Å². The van der Waals surface area contributed by atoms with E-state index in [9.17, 15) is 14.4 Å². The van der Waals surface area contributed by atoms with Crippen LogP contribution in [-0.4, -0.2) is 74.5 Å². The highest BCUT2D eigenvalue weighted by Gasteiger charge is 2.17. The molecule has 9 heteroatoms. The Balaban J connectivity index is 2.20. The van der Waals surface area contributed by atoms with Gasteiger partial charge >= 0.3 is 0 Å². The Labute approximate surface area is 261 Å². The first-order valence-electron chi connectivity index (χ1n) is 16.7. The van der Waals surface area contributed by atoms with Gasteiger partial charge in [0.1, 0.15) is 5.75 Å². The van der Waals surface area contributed by atoms with E-state index < -0.39 is 0 Å². The normalized spacial score (nSPS) is 11.0. The summed E-state index contributed by atoms with van der Waals surface area (Å²) in [4.78, 5) is 39.3. The van der Waals surface area contributed by atoms with E-state index in [4.69, 9.17) is 4.74 Å². The maximum atomic E-state index is 12.8. The SMILES string of the molecule is CCCCCCCCCCCCNC(=O)CCCOc1ccc(NCC(=O)N(CC(C)C)NC(=O)CCCN(C)C)cc1. The highest BCUT2D eigenvalue weighted by atomic mass is 16.5. The monoisotopic (exact) mass is 603 g/mol. The summed E-state index contributed by atoms with van der Waals surface area (Å²) >= 11 is 0. The molecule has 0 aliphatic carbocycles. The summed E-state index contributed by atoms with van der Waals surface area (Å²) in [5.74, 6) is 0.678. The van der Waals surface area contributed by atoms with E-state index in [2.05, 4.69) is 23.0 Å². The van der Waals surface area contributed by atoms with Gasteiger partial charge in [-0.2, -0.15) is 0 Å². The molecule has 3 amide bonds. The third kappa shape index (κ3) is 21.5. The fourth-order valence-electron chi connectivity index (χ4n) is 4.63. The number of hydrogen-bond donors (Lipinski definition) is 3. The second-order valence-corrected chi connectivity index (χ2v) is 12.2. The van der Waals surface area contributed by atoms with Crippen LogP contribution in [-0.2, 0) is 14.4 Å². The zero-order valence-electron chi connectivity index (χ0n) is 27.8. The van der Waals surface area contributed by atoms with Crippen LogP contribution in [0.3, 0.4) is 0 Å². The molecule has 0 radical (unpaired) electrons. The molecule has 0 bridgehead atoms. The summed E-state index contributed by atoms with van der Waals surface area (Å²) in [6, 6.07) is 7.40. The second-order valence-electron chi connectivity index (χ2n) is 12.2. The number of ether oxygens (including phenoxy) is 1. The lowest BCUT2D eigenvalue weighted by Gasteiger charge is -2.25. The first-order valence-corrected chi connectivity index (χ1v) is 16.7. The maximum absolute atomic E-state index is 12.8. The van der Waals surface area contributed by atoms with E-state index >= 15 is 0 Å². The van der Waals surface area contributed by atoms with Crippen molar-refractivity contribution in [3.05, 3.63) is 24.3 Å². The third-order valence-corrected chi connectivity index (χ3v) is 7.09. The molecule has 3 N–H and O–H groups in total. The number of nitrogens with zero attached hydrogens (tertiary/aromatic N) is 2. The molecule has 0 aromatic heterocycles. The van der Waals surface area contributed by atoms with Crippen LogP contribution < -0.4 is 20.8 Å². The lowest BCUT2D eigenvalue weighted by molar-refractivity contribution is -0.140. The number of carbonyl (C=O) groups is 3. The van der Waals surface area contributed by atoms with Crippen molar-refractivity contribution in [2.75, 3.05) is 52.2 Å². The predicted octanol–water partition coefficient (Wildman–Crippen LogP) is 6.15. The lowest BCUT2D eigenvalue weighted by atomic mass is 10.1. The highest BCUT2D eigenvalue weighted by molar-refractivity contribution is 5.84. The largest absolute Gasteiger partial charge is 0.494 e. The van der Waals surface area contributed by atoms with Gasteiger partial charge in [0, 0.05) is 31.6 Å². The molecule has 246 valence electrons. The van der Waals surface area contributed by atoms with Gasteiger partial charge in [-0.3, -0.25) is 24.8 Å². The van der Waals surface area contributed by atoms with Crippen molar-refractivity contribution in [2.24, 2.45) is 5.92 Å². The Morgan fingerprint density at radius 3 is 2.00 bits per heavy atom. The summed E-state index contributed by atoms with van der Waals surface area (Å²) in [7, 11) is 3.94. The smallest absolute Gasteiger partial charge is 0.260 e. The number of anilines is 1. The summed E-state index contributed by atoms with van der Waals surface area (Å²) in [6.45, 7) is 8.83. The molecule has 1 rings (SSSR count). The first-order chi connectivity index (χ1) is 20.7. The molecule has 9 nitrogen and oxygen atoms in total. The van der Waals surface area contributed by atoms with Gasteiger partial charge in [0.15, 0.2) is 0 Å². The van der Waals surface area contributed by atoms with Crippen LogP contribution in [0.25, 0.3) is 0 Å². The summed E-state index contributed by atoms with van der Waals surface area (Å²) in [5, 5.41) is 7.57. The molecular formula is C34H61N5O4. The number of hydrogen-bond acceptors (Lipinski definition) is 6. The molecule has 0 atom stereocenters. The van der Waals surface area contributed by atoms with Gasteiger partial charge < -0.3 is 20.3 Å². The topological polar surface area (TPSA) is 103 Å².